The first-order valence-electron chi connectivity index (χ1n) is 9.02. The number of ether oxygens (including phenoxy) is 1. The quantitative estimate of drug-likeness (QED) is 0.834. The third-order valence-electron chi connectivity index (χ3n) is 5.13. The second-order valence-corrected chi connectivity index (χ2v) is 7.02. The van der Waals surface area contributed by atoms with Gasteiger partial charge in [-0.15, -0.1) is 0 Å². The molecule has 25 heavy (non-hydrogen) atoms. The molecule has 4 heterocycles. The highest BCUT2D eigenvalue weighted by Crippen LogP contribution is 2.38. The number of hydrogen-bond acceptors (Lipinski definition) is 3. The molecular weight excluding hydrogens is 332 g/mol. The Morgan fingerprint density at radius 2 is 2.24 bits per heavy atom. The fourth-order valence-electron chi connectivity index (χ4n) is 3.94. The van der Waals surface area contributed by atoms with Gasteiger partial charge in [-0.1, -0.05) is 6.07 Å². The van der Waals surface area contributed by atoms with E-state index >= 15 is 0 Å². The van der Waals surface area contributed by atoms with Gasteiger partial charge in [0.05, 0.1) is 23.9 Å². The number of thiocarbonyl (C=S) groups is 1. The van der Waals surface area contributed by atoms with Crippen molar-refractivity contribution in [3.8, 4) is 0 Å². The normalized spacial score (nSPS) is 26.2. The van der Waals surface area contributed by atoms with E-state index in [0.717, 1.165) is 43.3 Å². The summed E-state index contributed by atoms with van der Waals surface area (Å²) in [6.07, 6.45) is 6.61. The molecule has 2 saturated heterocycles. The zero-order valence-electron chi connectivity index (χ0n) is 14.5. The van der Waals surface area contributed by atoms with Crippen molar-refractivity contribution in [1.29, 1.82) is 0 Å². The van der Waals surface area contributed by atoms with Crippen molar-refractivity contribution in [2.75, 3.05) is 13.2 Å². The molecule has 2 fully saturated rings. The summed E-state index contributed by atoms with van der Waals surface area (Å²) in [5.74, 6) is 0. The number of rotatable bonds is 5. The van der Waals surface area contributed by atoms with E-state index < -0.39 is 0 Å². The molecule has 0 aromatic carbocycles. The Bertz CT molecular complexity index is 726. The maximum absolute atomic E-state index is 5.84. The van der Waals surface area contributed by atoms with Gasteiger partial charge in [-0.3, -0.25) is 4.98 Å². The third-order valence-corrected chi connectivity index (χ3v) is 5.48. The van der Waals surface area contributed by atoms with Crippen LogP contribution in [0.5, 0.6) is 0 Å². The number of aromatic nitrogens is 2. The van der Waals surface area contributed by atoms with Crippen LogP contribution in [0.4, 0.5) is 0 Å². The molecule has 0 saturated carbocycles. The predicted molar refractivity (Wildman–Crippen MR) is 101 cm³/mol. The smallest absolute Gasteiger partial charge is 0.170 e. The summed E-state index contributed by atoms with van der Waals surface area (Å²) in [5, 5.41) is 4.28. The van der Waals surface area contributed by atoms with Crippen LogP contribution in [0.1, 0.15) is 43.2 Å². The lowest BCUT2D eigenvalue weighted by Gasteiger charge is -2.28. The SMILES string of the molecule is CCN1C(=S)N[C@@H](c2ccccn2)[C@H]1c1cccn1C[C@@H]1CCCO1. The first kappa shape index (κ1) is 16.5. The van der Waals surface area contributed by atoms with Crippen LogP contribution in [0.25, 0.3) is 0 Å². The minimum absolute atomic E-state index is 0.0618. The van der Waals surface area contributed by atoms with E-state index in [1.165, 1.54) is 5.69 Å². The molecule has 1 N–H and O–H groups in total. The second-order valence-electron chi connectivity index (χ2n) is 6.63. The average Bonchev–Trinajstić information content (AvgIpc) is 3.36. The molecule has 2 aliphatic heterocycles. The second kappa shape index (κ2) is 7.14. The topological polar surface area (TPSA) is 42.3 Å². The van der Waals surface area contributed by atoms with Crippen LogP contribution in [0, 0.1) is 0 Å². The molecule has 0 amide bonds. The Balaban J connectivity index is 1.68. The van der Waals surface area contributed by atoms with E-state index in [4.69, 9.17) is 17.0 Å². The largest absolute Gasteiger partial charge is 0.376 e. The summed E-state index contributed by atoms with van der Waals surface area (Å²) in [6, 6.07) is 10.6. The Morgan fingerprint density at radius 3 is 2.96 bits per heavy atom. The summed E-state index contributed by atoms with van der Waals surface area (Å²) in [7, 11) is 0. The van der Waals surface area contributed by atoms with Crippen LogP contribution in [-0.2, 0) is 11.3 Å². The first-order chi connectivity index (χ1) is 12.3. The lowest BCUT2D eigenvalue weighted by atomic mass is 10.0. The molecule has 0 aliphatic carbocycles. The number of pyridine rings is 1. The van der Waals surface area contributed by atoms with Gasteiger partial charge in [0.1, 0.15) is 0 Å². The Morgan fingerprint density at radius 1 is 1.32 bits per heavy atom. The molecule has 0 unspecified atom stereocenters. The van der Waals surface area contributed by atoms with Gasteiger partial charge in [0, 0.05) is 37.8 Å². The van der Waals surface area contributed by atoms with Gasteiger partial charge in [0.25, 0.3) is 0 Å². The maximum Gasteiger partial charge on any atom is 0.170 e. The molecule has 5 nitrogen and oxygen atoms in total. The molecule has 132 valence electrons. The van der Waals surface area contributed by atoms with Crippen molar-refractivity contribution in [3.05, 3.63) is 54.1 Å². The van der Waals surface area contributed by atoms with Crippen LogP contribution in [-0.4, -0.2) is 38.8 Å². The third kappa shape index (κ3) is 3.16. The molecule has 3 atom stereocenters. The van der Waals surface area contributed by atoms with E-state index in [2.05, 4.69) is 51.1 Å². The van der Waals surface area contributed by atoms with Crippen molar-refractivity contribution < 1.29 is 4.74 Å². The van der Waals surface area contributed by atoms with Gasteiger partial charge < -0.3 is 19.5 Å². The van der Waals surface area contributed by atoms with Gasteiger partial charge in [0.2, 0.25) is 0 Å². The minimum Gasteiger partial charge on any atom is -0.376 e. The van der Waals surface area contributed by atoms with E-state index in [0.29, 0.717) is 6.10 Å². The highest BCUT2D eigenvalue weighted by Gasteiger charge is 2.40. The average molecular weight is 356 g/mol. The van der Waals surface area contributed by atoms with Gasteiger partial charge >= 0.3 is 0 Å². The maximum atomic E-state index is 5.84. The van der Waals surface area contributed by atoms with Crippen molar-refractivity contribution >= 4 is 17.3 Å². The number of likely N-dealkylation sites (N-methyl/N-ethyl adjacent to an activating group) is 1. The summed E-state index contributed by atoms with van der Waals surface area (Å²) in [4.78, 5) is 6.83. The fourth-order valence-corrected chi connectivity index (χ4v) is 4.31. The molecule has 0 bridgehead atoms. The molecule has 0 spiro atoms. The summed E-state index contributed by atoms with van der Waals surface area (Å²) in [5.41, 5.74) is 2.29. The highest BCUT2D eigenvalue weighted by molar-refractivity contribution is 7.80. The van der Waals surface area contributed by atoms with Crippen molar-refractivity contribution in [3.63, 3.8) is 0 Å². The van der Waals surface area contributed by atoms with Crippen LogP contribution < -0.4 is 5.32 Å². The molecular formula is C19H24N4OS. The lowest BCUT2D eigenvalue weighted by Crippen LogP contribution is -2.30. The Labute approximate surface area is 154 Å². The van der Waals surface area contributed by atoms with Gasteiger partial charge in [0.15, 0.2) is 5.11 Å². The molecule has 2 aromatic rings. The molecule has 2 aromatic heterocycles. The zero-order valence-corrected chi connectivity index (χ0v) is 15.3. The molecule has 4 rings (SSSR count). The summed E-state index contributed by atoms with van der Waals surface area (Å²) < 4.78 is 8.17. The number of nitrogens with zero attached hydrogens (tertiary/aromatic N) is 3. The van der Waals surface area contributed by atoms with Crippen molar-refractivity contribution in [2.24, 2.45) is 0 Å². The summed E-state index contributed by atoms with van der Waals surface area (Å²) in [6.45, 7) is 4.80. The van der Waals surface area contributed by atoms with E-state index in [1.807, 2.05) is 18.3 Å². The number of hydrogen-bond donors (Lipinski definition) is 1. The van der Waals surface area contributed by atoms with E-state index in [1.54, 1.807) is 0 Å². The van der Waals surface area contributed by atoms with Crippen LogP contribution in [0.3, 0.4) is 0 Å². The predicted octanol–water partition coefficient (Wildman–Crippen LogP) is 3.05. The first-order valence-corrected chi connectivity index (χ1v) is 9.43. The standard InChI is InChI=1S/C19H24N4OS/c1-2-23-18(17(21-19(23)25)15-8-3-4-10-20-15)16-9-5-11-22(16)13-14-7-6-12-24-14/h3-5,8-11,14,17-18H,2,6-7,12-13H2,1H3,(H,21,25)/t14-,17-,18+/m0/s1. The molecule has 0 radical (unpaired) electrons. The fraction of sp³-hybridized carbons (Fsp3) is 0.474. The van der Waals surface area contributed by atoms with Crippen LogP contribution in [0.2, 0.25) is 0 Å². The zero-order chi connectivity index (χ0) is 17.2. The molecule has 6 heteroatoms. The number of nitrogens with one attached hydrogen (secondary N) is 1. The Hall–Kier alpha value is -1.92. The summed E-state index contributed by atoms with van der Waals surface area (Å²) >= 11 is 5.61. The van der Waals surface area contributed by atoms with Crippen molar-refractivity contribution in [1.82, 2.24) is 19.8 Å². The van der Waals surface area contributed by atoms with Crippen LogP contribution in [0.15, 0.2) is 42.7 Å². The van der Waals surface area contributed by atoms with Gasteiger partial charge in [-0.2, -0.15) is 0 Å². The van der Waals surface area contributed by atoms with Crippen LogP contribution >= 0.6 is 12.2 Å². The molecule has 2 aliphatic rings. The minimum atomic E-state index is 0.0618. The van der Waals surface area contributed by atoms with Gasteiger partial charge in [-0.05, 0) is 56.2 Å². The van der Waals surface area contributed by atoms with Crippen molar-refractivity contribution in [2.45, 2.75) is 44.5 Å². The van der Waals surface area contributed by atoms with Gasteiger partial charge in [-0.25, -0.2) is 0 Å². The Kier molecular flexibility index (Phi) is 4.72. The lowest BCUT2D eigenvalue weighted by molar-refractivity contribution is 0.0954. The monoisotopic (exact) mass is 356 g/mol. The van der Waals surface area contributed by atoms with E-state index in [-0.39, 0.29) is 12.1 Å². The highest BCUT2D eigenvalue weighted by atomic mass is 32.1. The van der Waals surface area contributed by atoms with E-state index in [9.17, 15) is 0 Å².